The Bertz CT molecular complexity index is 891. The largest absolute Gasteiger partial charge is 0.416 e. The van der Waals surface area contributed by atoms with E-state index in [1.807, 2.05) is 13.8 Å². The smallest absolute Gasteiger partial charge is 0.353 e. The van der Waals surface area contributed by atoms with E-state index in [1.54, 1.807) is 11.8 Å². The number of alkyl halides is 3. The van der Waals surface area contributed by atoms with Gasteiger partial charge in [-0.1, -0.05) is 26.0 Å². The molecule has 0 radical (unpaired) electrons. The van der Waals surface area contributed by atoms with Crippen LogP contribution >= 0.6 is 11.3 Å². The zero-order valence-electron chi connectivity index (χ0n) is 15.6. The number of piperazine rings is 1. The van der Waals surface area contributed by atoms with Crippen molar-refractivity contribution < 1.29 is 22.8 Å². The number of amides is 2. The first kappa shape index (κ1) is 20.3. The summed E-state index contributed by atoms with van der Waals surface area (Å²) in [5, 5.41) is 3.25. The predicted molar refractivity (Wildman–Crippen MR) is 100.0 cm³/mol. The Kier molecular flexibility index (Phi) is 5.47. The first-order valence-electron chi connectivity index (χ1n) is 8.83. The van der Waals surface area contributed by atoms with Crippen LogP contribution in [0.4, 0.5) is 13.2 Å². The lowest BCUT2D eigenvalue weighted by atomic mass is 9.99. The van der Waals surface area contributed by atoms with Crippen molar-refractivity contribution in [3.63, 3.8) is 0 Å². The van der Waals surface area contributed by atoms with Crippen LogP contribution < -0.4 is 5.32 Å². The third-order valence-corrected chi connectivity index (χ3v) is 5.79. The lowest BCUT2D eigenvalue weighted by molar-refractivity contribution is -0.137. The lowest BCUT2D eigenvalue weighted by Crippen LogP contribution is -2.59. The molecule has 150 valence electrons. The van der Waals surface area contributed by atoms with Crippen LogP contribution in [-0.2, 0) is 11.0 Å². The lowest BCUT2D eigenvalue weighted by Gasteiger charge is -2.37. The maximum absolute atomic E-state index is 13.1. The van der Waals surface area contributed by atoms with Gasteiger partial charge in [-0.2, -0.15) is 13.2 Å². The van der Waals surface area contributed by atoms with E-state index >= 15 is 0 Å². The Labute approximate surface area is 164 Å². The average molecular weight is 411 g/mol. The highest BCUT2D eigenvalue weighted by atomic mass is 32.1. The number of aromatic nitrogens is 1. The average Bonchev–Trinajstić information content (AvgIpc) is 3.01. The normalized spacial score (nSPS) is 17.8. The van der Waals surface area contributed by atoms with Crippen molar-refractivity contribution in [2.75, 3.05) is 13.1 Å². The fourth-order valence-corrected chi connectivity index (χ4v) is 4.25. The fraction of sp³-hybridized carbons (Fsp3) is 0.421. The molecule has 28 heavy (non-hydrogen) atoms. The molecule has 1 aliphatic heterocycles. The number of hydrogen-bond acceptors (Lipinski definition) is 4. The Morgan fingerprint density at radius 2 is 1.93 bits per heavy atom. The summed E-state index contributed by atoms with van der Waals surface area (Å²) in [6, 6.07) is 4.13. The molecule has 3 rings (SSSR count). The first-order chi connectivity index (χ1) is 13.1. The second-order valence-electron chi connectivity index (χ2n) is 6.99. The molecule has 0 aliphatic carbocycles. The van der Waals surface area contributed by atoms with Gasteiger partial charge in [-0.25, -0.2) is 4.98 Å². The molecular weight excluding hydrogens is 391 g/mol. The third-order valence-electron chi connectivity index (χ3n) is 4.60. The van der Waals surface area contributed by atoms with E-state index < -0.39 is 17.8 Å². The van der Waals surface area contributed by atoms with Crippen LogP contribution in [0.2, 0.25) is 0 Å². The van der Waals surface area contributed by atoms with Gasteiger partial charge in [0.2, 0.25) is 5.91 Å². The quantitative estimate of drug-likeness (QED) is 0.837. The maximum Gasteiger partial charge on any atom is 0.416 e. The second kappa shape index (κ2) is 7.54. The Hall–Kier alpha value is -2.42. The summed E-state index contributed by atoms with van der Waals surface area (Å²) < 4.78 is 38.2. The third kappa shape index (κ3) is 3.89. The van der Waals surface area contributed by atoms with Crippen LogP contribution in [0, 0.1) is 12.8 Å². The van der Waals surface area contributed by atoms with Crippen LogP contribution in [0.1, 0.15) is 34.8 Å². The molecule has 2 heterocycles. The number of carbonyl (C=O) groups excluding carboxylic acids is 2. The topological polar surface area (TPSA) is 62.3 Å². The van der Waals surface area contributed by atoms with Gasteiger partial charge < -0.3 is 10.2 Å². The van der Waals surface area contributed by atoms with E-state index in [4.69, 9.17) is 0 Å². The molecule has 2 amide bonds. The molecule has 1 aliphatic rings. The van der Waals surface area contributed by atoms with Gasteiger partial charge >= 0.3 is 6.18 Å². The summed E-state index contributed by atoms with van der Waals surface area (Å²) in [5.74, 6) is -0.506. The van der Waals surface area contributed by atoms with E-state index in [9.17, 15) is 22.8 Å². The highest BCUT2D eigenvalue weighted by molar-refractivity contribution is 7.17. The number of benzene rings is 1. The fourth-order valence-electron chi connectivity index (χ4n) is 3.23. The van der Waals surface area contributed by atoms with Crippen LogP contribution in [0.3, 0.4) is 0 Å². The van der Waals surface area contributed by atoms with Gasteiger partial charge in [-0.15, -0.1) is 11.3 Å². The van der Waals surface area contributed by atoms with Crippen LogP contribution in [0.5, 0.6) is 0 Å². The van der Waals surface area contributed by atoms with Crippen molar-refractivity contribution >= 4 is 23.2 Å². The standard InChI is InChI=1S/C19H20F3N3O2S/c1-10(2)14-16(26)23-8-9-25(14)18(27)15-11(3)24-17(28-15)12-4-6-13(7-5-12)19(20,21)22/h4-7,10,14H,8-9H2,1-3H3,(H,23,26)/t14-/m0/s1. The zero-order valence-corrected chi connectivity index (χ0v) is 16.4. The monoisotopic (exact) mass is 411 g/mol. The molecule has 0 saturated carbocycles. The number of nitrogens with one attached hydrogen (secondary N) is 1. The molecular formula is C19H20F3N3O2S. The van der Waals surface area contributed by atoms with E-state index in [2.05, 4.69) is 10.3 Å². The highest BCUT2D eigenvalue weighted by Crippen LogP contribution is 2.33. The maximum atomic E-state index is 13.1. The molecule has 1 atom stereocenters. The number of hydrogen-bond donors (Lipinski definition) is 1. The molecule has 2 aromatic rings. The van der Waals surface area contributed by atoms with Crippen molar-refractivity contribution in [2.45, 2.75) is 33.0 Å². The summed E-state index contributed by atoms with van der Waals surface area (Å²) in [6.07, 6.45) is -4.40. The van der Waals surface area contributed by atoms with Crippen LogP contribution in [0.25, 0.3) is 10.6 Å². The molecule has 0 unspecified atom stereocenters. The summed E-state index contributed by atoms with van der Waals surface area (Å²) in [7, 11) is 0. The Morgan fingerprint density at radius 3 is 2.50 bits per heavy atom. The molecule has 0 bridgehead atoms. The van der Waals surface area contributed by atoms with E-state index in [1.165, 1.54) is 12.1 Å². The highest BCUT2D eigenvalue weighted by Gasteiger charge is 2.37. The first-order valence-corrected chi connectivity index (χ1v) is 9.65. The Morgan fingerprint density at radius 1 is 1.29 bits per heavy atom. The van der Waals surface area contributed by atoms with Crippen LogP contribution in [-0.4, -0.2) is 40.8 Å². The molecule has 1 aromatic carbocycles. The summed E-state index contributed by atoms with van der Waals surface area (Å²) in [4.78, 5) is 31.6. The minimum atomic E-state index is -4.40. The molecule has 0 spiro atoms. The van der Waals surface area contributed by atoms with Crippen molar-refractivity contribution in [3.8, 4) is 10.6 Å². The summed E-state index contributed by atoms with van der Waals surface area (Å²) in [5.41, 5.74) is 0.273. The number of carbonyl (C=O) groups is 2. The number of thiazole rings is 1. The van der Waals surface area contributed by atoms with Gasteiger partial charge in [0.05, 0.1) is 11.3 Å². The van der Waals surface area contributed by atoms with E-state index in [0.717, 1.165) is 23.5 Å². The molecule has 5 nitrogen and oxygen atoms in total. The Balaban J connectivity index is 1.89. The summed E-state index contributed by atoms with van der Waals surface area (Å²) >= 11 is 1.13. The minimum absolute atomic E-state index is 0.0492. The van der Waals surface area contributed by atoms with Gasteiger partial charge in [0, 0.05) is 18.7 Å². The van der Waals surface area contributed by atoms with Gasteiger partial charge in [-0.3, -0.25) is 9.59 Å². The van der Waals surface area contributed by atoms with E-state index in [0.29, 0.717) is 34.2 Å². The van der Waals surface area contributed by atoms with Crippen molar-refractivity contribution in [1.82, 2.24) is 15.2 Å². The molecule has 1 N–H and O–H groups in total. The van der Waals surface area contributed by atoms with Crippen molar-refractivity contribution in [1.29, 1.82) is 0 Å². The molecule has 1 aromatic heterocycles. The molecule has 1 fully saturated rings. The second-order valence-corrected chi connectivity index (χ2v) is 7.99. The number of halogens is 3. The molecule has 1 saturated heterocycles. The SMILES string of the molecule is Cc1nc(-c2ccc(C(F)(F)F)cc2)sc1C(=O)N1CCNC(=O)[C@@H]1C(C)C. The number of aryl methyl sites for hydroxylation is 1. The van der Waals surface area contributed by atoms with Crippen molar-refractivity contribution in [3.05, 3.63) is 40.4 Å². The van der Waals surface area contributed by atoms with Gasteiger partial charge in [0.1, 0.15) is 15.9 Å². The summed E-state index contributed by atoms with van der Waals surface area (Å²) in [6.45, 7) is 6.23. The number of nitrogens with zero attached hydrogens (tertiary/aromatic N) is 2. The predicted octanol–water partition coefficient (Wildman–Crippen LogP) is 3.73. The van der Waals surface area contributed by atoms with Gasteiger partial charge in [-0.05, 0) is 25.0 Å². The van der Waals surface area contributed by atoms with Gasteiger partial charge in [0.15, 0.2) is 0 Å². The van der Waals surface area contributed by atoms with Gasteiger partial charge in [0.25, 0.3) is 5.91 Å². The molecule has 9 heteroatoms. The zero-order chi connectivity index (χ0) is 20.6. The van der Waals surface area contributed by atoms with Crippen LogP contribution in [0.15, 0.2) is 24.3 Å². The number of rotatable bonds is 3. The van der Waals surface area contributed by atoms with E-state index in [-0.39, 0.29) is 17.7 Å². The van der Waals surface area contributed by atoms with Crippen molar-refractivity contribution in [2.24, 2.45) is 5.92 Å². The minimum Gasteiger partial charge on any atom is -0.353 e.